The molecule has 0 N–H and O–H groups in total. The highest BCUT2D eigenvalue weighted by atomic mass is 16.5. The highest BCUT2D eigenvalue weighted by Crippen LogP contribution is 2.37. The Morgan fingerprint density at radius 2 is 1.69 bits per heavy atom. The molecule has 5 heteroatoms. The second-order valence-corrected chi connectivity index (χ2v) is 8.04. The van der Waals surface area contributed by atoms with E-state index in [1.165, 1.54) is 11.3 Å². The first-order valence-corrected chi connectivity index (χ1v) is 10.9. The molecule has 0 bridgehead atoms. The SMILES string of the molecule is c1ccc2nc(COc3ccc(-c4c(-c5ccncc5)nn5c4CCC5)cc3)ccc2c1. The number of benzene rings is 2. The minimum atomic E-state index is 0.440. The number of aryl methyl sites for hydroxylation is 1. The van der Waals surface area contributed by atoms with Gasteiger partial charge < -0.3 is 4.74 Å². The van der Waals surface area contributed by atoms with Gasteiger partial charge in [-0.05, 0) is 54.8 Å². The first-order chi connectivity index (χ1) is 15.8. The molecule has 5 aromatic rings. The van der Waals surface area contributed by atoms with Crippen LogP contribution in [-0.4, -0.2) is 19.7 Å². The van der Waals surface area contributed by atoms with Gasteiger partial charge in [0, 0.05) is 41.1 Å². The van der Waals surface area contributed by atoms with Crippen molar-refractivity contribution in [2.45, 2.75) is 26.0 Å². The van der Waals surface area contributed by atoms with E-state index in [1.807, 2.05) is 60.9 Å². The number of nitrogens with zero attached hydrogens (tertiary/aromatic N) is 4. The topological polar surface area (TPSA) is 52.8 Å². The van der Waals surface area contributed by atoms with E-state index in [9.17, 15) is 0 Å². The monoisotopic (exact) mass is 418 g/mol. The van der Waals surface area contributed by atoms with Crippen LogP contribution in [0.2, 0.25) is 0 Å². The molecule has 156 valence electrons. The Morgan fingerprint density at radius 1 is 0.844 bits per heavy atom. The third kappa shape index (κ3) is 3.42. The predicted molar refractivity (Wildman–Crippen MR) is 125 cm³/mol. The van der Waals surface area contributed by atoms with Crippen molar-refractivity contribution in [2.75, 3.05) is 0 Å². The molecular formula is C27H22N4O. The summed E-state index contributed by atoms with van der Waals surface area (Å²) in [6.45, 7) is 1.42. The van der Waals surface area contributed by atoms with E-state index in [0.717, 1.165) is 58.6 Å². The van der Waals surface area contributed by atoms with E-state index in [4.69, 9.17) is 14.8 Å². The minimum absolute atomic E-state index is 0.440. The average molecular weight is 419 g/mol. The van der Waals surface area contributed by atoms with E-state index in [2.05, 4.69) is 33.9 Å². The largest absolute Gasteiger partial charge is 0.487 e. The molecule has 5 nitrogen and oxygen atoms in total. The van der Waals surface area contributed by atoms with Gasteiger partial charge in [-0.25, -0.2) is 4.98 Å². The van der Waals surface area contributed by atoms with Gasteiger partial charge in [-0.15, -0.1) is 0 Å². The molecule has 6 rings (SSSR count). The van der Waals surface area contributed by atoms with E-state index in [0.29, 0.717) is 6.61 Å². The van der Waals surface area contributed by atoms with Gasteiger partial charge in [0.15, 0.2) is 0 Å². The molecule has 0 aliphatic carbocycles. The molecule has 32 heavy (non-hydrogen) atoms. The third-order valence-corrected chi connectivity index (χ3v) is 5.98. The van der Waals surface area contributed by atoms with E-state index in [1.54, 1.807) is 0 Å². The highest BCUT2D eigenvalue weighted by Gasteiger charge is 2.23. The zero-order chi connectivity index (χ0) is 21.3. The van der Waals surface area contributed by atoms with Crippen LogP contribution >= 0.6 is 0 Å². The summed E-state index contributed by atoms with van der Waals surface area (Å²) in [5.74, 6) is 0.831. The molecule has 0 radical (unpaired) electrons. The van der Waals surface area contributed by atoms with Crippen LogP contribution in [0.1, 0.15) is 17.8 Å². The van der Waals surface area contributed by atoms with Crippen molar-refractivity contribution in [3.05, 3.63) is 96.6 Å². The van der Waals surface area contributed by atoms with Gasteiger partial charge >= 0.3 is 0 Å². The number of ether oxygens (including phenoxy) is 1. The van der Waals surface area contributed by atoms with Crippen molar-refractivity contribution >= 4 is 10.9 Å². The van der Waals surface area contributed by atoms with E-state index in [-0.39, 0.29) is 0 Å². The van der Waals surface area contributed by atoms with Gasteiger partial charge in [0.1, 0.15) is 18.1 Å². The standard InChI is InChI=1S/C27H22N4O/c1-2-5-24-19(4-1)7-10-22(29-24)18-32-23-11-8-20(9-12-23)26-25-6-3-17-31(25)30-27(26)21-13-15-28-16-14-21/h1-2,4-5,7-16H,3,6,17-18H2. The Balaban J connectivity index is 1.26. The molecule has 1 aliphatic heterocycles. The van der Waals surface area contributed by atoms with Crippen LogP contribution in [0, 0.1) is 0 Å². The number of fused-ring (bicyclic) bond motifs is 2. The van der Waals surface area contributed by atoms with Gasteiger partial charge in [-0.1, -0.05) is 36.4 Å². The van der Waals surface area contributed by atoms with E-state index >= 15 is 0 Å². The van der Waals surface area contributed by atoms with Crippen molar-refractivity contribution in [3.8, 4) is 28.1 Å². The predicted octanol–water partition coefficient (Wildman–Crippen LogP) is 5.69. The Kier molecular flexibility index (Phi) is 4.65. The van der Waals surface area contributed by atoms with Crippen LogP contribution in [-0.2, 0) is 19.6 Å². The molecule has 0 spiro atoms. The van der Waals surface area contributed by atoms with Crippen molar-refractivity contribution < 1.29 is 4.74 Å². The van der Waals surface area contributed by atoms with Crippen molar-refractivity contribution in [1.29, 1.82) is 0 Å². The first kappa shape index (κ1) is 18.8. The summed E-state index contributed by atoms with van der Waals surface area (Å²) in [6.07, 6.45) is 5.84. The molecule has 0 saturated carbocycles. The van der Waals surface area contributed by atoms with Gasteiger partial charge in [-0.3, -0.25) is 9.67 Å². The Bertz CT molecular complexity index is 1390. The molecule has 1 aliphatic rings. The van der Waals surface area contributed by atoms with Crippen molar-refractivity contribution in [2.24, 2.45) is 0 Å². The quantitative estimate of drug-likeness (QED) is 0.368. The van der Waals surface area contributed by atoms with Gasteiger partial charge in [0.05, 0.1) is 11.2 Å². The molecule has 0 atom stereocenters. The molecule has 4 heterocycles. The molecule has 0 amide bonds. The van der Waals surface area contributed by atoms with Crippen LogP contribution < -0.4 is 4.74 Å². The second-order valence-electron chi connectivity index (χ2n) is 8.04. The molecule has 0 fully saturated rings. The number of hydrogen-bond acceptors (Lipinski definition) is 4. The number of rotatable bonds is 5. The van der Waals surface area contributed by atoms with Gasteiger partial charge in [0.25, 0.3) is 0 Å². The summed E-state index contributed by atoms with van der Waals surface area (Å²) < 4.78 is 8.18. The maximum atomic E-state index is 6.03. The maximum absolute atomic E-state index is 6.03. The third-order valence-electron chi connectivity index (χ3n) is 5.98. The fourth-order valence-corrected chi connectivity index (χ4v) is 4.41. The van der Waals surface area contributed by atoms with Gasteiger partial charge in [0.2, 0.25) is 0 Å². The molecule has 2 aromatic carbocycles. The number of hydrogen-bond donors (Lipinski definition) is 0. The summed E-state index contributed by atoms with van der Waals surface area (Å²) in [5, 5.41) is 6.05. The second kappa shape index (κ2) is 7.93. The lowest BCUT2D eigenvalue weighted by Gasteiger charge is -2.09. The molecule has 0 saturated heterocycles. The summed E-state index contributed by atoms with van der Waals surface area (Å²) >= 11 is 0. The highest BCUT2D eigenvalue weighted by molar-refractivity contribution is 5.83. The lowest BCUT2D eigenvalue weighted by Crippen LogP contribution is -1.98. The number of para-hydroxylation sites is 1. The lowest BCUT2D eigenvalue weighted by molar-refractivity contribution is 0.302. The fourth-order valence-electron chi connectivity index (χ4n) is 4.41. The Hall–Kier alpha value is -3.99. The van der Waals surface area contributed by atoms with Gasteiger partial charge in [-0.2, -0.15) is 5.10 Å². The molecule has 0 unspecified atom stereocenters. The zero-order valence-electron chi connectivity index (χ0n) is 17.6. The fraction of sp³-hybridized carbons (Fsp3) is 0.148. The van der Waals surface area contributed by atoms with Crippen molar-refractivity contribution in [3.63, 3.8) is 0 Å². The van der Waals surface area contributed by atoms with E-state index < -0.39 is 0 Å². The summed E-state index contributed by atoms with van der Waals surface area (Å²) in [6, 6.07) is 24.6. The average Bonchev–Trinajstić information content (AvgIpc) is 3.45. The maximum Gasteiger partial charge on any atom is 0.130 e. The summed E-state index contributed by atoms with van der Waals surface area (Å²) in [5.41, 5.74) is 7.72. The summed E-state index contributed by atoms with van der Waals surface area (Å²) in [7, 11) is 0. The minimum Gasteiger partial charge on any atom is -0.487 e. The molecule has 3 aromatic heterocycles. The van der Waals surface area contributed by atoms with Crippen LogP contribution in [0.25, 0.3) is 33.3 Å². The molecular weight excluding hydrogens is 396 g/mol. The normalized spacial score (nSPS) is 12.8. The van der Waals surface area contributed by atoms with Crippen LogP contribution in [0.3, 0.4) is 0 Å². The lowest BCUT2D eigenvalue weighted by atomic mass is 9.98. The van der Waals surface area contributed by atoms with Crippen molar-refractivity contribution in [1.82, 2.24) is 19.7 Å². The number of pyridine rings is 2. The summed E-state index contributed by atoms with van der Waals surface area (Å²) in [4.78, 5) is 8.85. The van der Waals surface area contributed by atoms with Crippen LogP contribution in [0.15, 0.2) is 85.2 Å². The Morgan fingerprint density at radius 3 is 2.56 bits per heavy atom. The zero-order valence-corrected chi connectivity index (χ0v) is 17.6. The first-order valence-electron chi connectivity index (χ1n) is 10.9. The van der Waals surface area contributed by atoms with Crippen LogP contribution in [0.4, 0.5) is 0 Å². The Labute approximate surface area is 186 Å². The van der Waals surface area contributed by atoms with Crippen LogP contribution in [0.5, 0.6) is 5.75 Å². The smallest absolute Gasteiger partial charge is 0.130 e. The number of aromatic nitrogens is 4.